The van der Waals surface area contributed by atoms with Crippen LogP contribution in [0.4, 0.5) is 0 Å². The third-order valence-corrected chi connectivity index (χ3v) is 4.81. The van der Waals surface area contributed by atoms with Gasteiger partial charge in [-0.2, -0.15) is 0 Å². The van der Waals surface area contributed by atoms with Crippen LogP contribution in [0, 0.1) is 0 Å². The maximum Gasteiger partial charge on any atom is 0.133 e. The largest absolute Gasteiger partial charge is 0.294 e. The van der Waals surface area contributed by atoms with Gasteiger partial charge in [-0.05, 0) is 11.6 Å². The van der Waals surface area contributed by atoms with Gasteiger partial charge in [-0.15, -0.1) is 0 Å². The Kier molecular flexibility index (Phi) is 4.33. The molecule has 0 N–H and O–H groups in total. The summed E-state index contributed by atoms with van der Waals surface area (Å²) in [7, 11) is 0. The Morgan fingerprint density at radius 2 is 2.00 bits per heavy atom. The number of benzene rings is 1. The smallest absolute Gasteiger partial charge is 0.133 e. The minimum atomic E-state index is 0.0149. The number of fused-ring (bicyclic) bond motifs is 1. The van der Waals surface area contributed by atoms with Crippen LogP contribution in [0.5, 0.6) is 0 Å². The van der Waals surface area contributed by atoms with Gasteiger partial charge in [0.05, 0.1) is 0 Å². The standard InChI is InChI=1S/C18H22BrN3/c1-18(2,3)17-20-10-14-12-22(9-8-16(14)21-17)11-13-6-4-5-7-15(13)19/h4-7,10H,8-9,11-12H2,1-3H3. The molecule has 1 aromatic heterocycles. The van der Waals surface area contributed by atoms with Crippen molar-refractivity contribution in [3.05, 3.63) is 57.6 Å². The lowest BCUT2D eigenvalue weighted by Gasteiger charge is -2.29. The molecule has 22 heavy (non-hydrogen) atoms. The fourth-order valence-corrected chi connectivity index (χ4v) is 3.15. The number of halogens is 1. The monoisotopic (exact) mass is 359 g/mol. The summed E-state index contributed by atoms with van der Waals surface area (Å²) in [6, 6.07) is 8.43. The molecule has 0 spiro atoms. The Hall–Kier alpha value is -1.26. The van der Waals surface area contributed by atoms with Crippen LogP contribution in [-0.4, -0.2) is 21.4 Å². The summed E-state index contributed by atoms with van der Waals surface area (Å²) in [6.45, 7) is 9.43. The van der Waals surface area contributed by atoms with E-state index in [1.165, 1.54) is 21.3 Å². The van der Waals surface area contributed by atoms with E-state index >= 15 is 0 Å². The van der Waals surface area contributed by atoms with E-state index in [1.54, 1.807) is 0 Å². The lowest BCUT2D eigenvalue weighted by Crippen LogP contribution is -2.32. The van der Waals surface area contributed by atoms with Crippen LogP contribution >= 0.6 is 15.9 Å². The number of aromatic nitrogens is 2. The zero-order valence-corrected chi connectivity index (χ0v) is 15.0. The molecule has 2 heterocycles. The highest BCUT2D eigenvalue weighted by atomic mass is 79.9. The molecule has 3 rings (SSSR count). The molecule has 0 saturated carbocycles. The predicted molar refractivity (Wildman–Crippen MR) is 92.7 cm³/mol. The summed E-state index contributed by atoms with van der Waals surface area (Å²) in [4.78, 5) is 11.8. The van der Waals surface area contributed by atoms with Gasteiger partial charge in [-0.25, -0.2) is 9.97 Å². The van der Waals surface area contributed by atoms with Crippen LogP contribution in [0.3, 0.4) is 0 Å². The number of hydrogen-bond acceptors (Lipinski definition) is 3. The summed E-state index contributed by atoms with van der Waals surface area (Å²) in [6.07, 6.45) is 3.03. The third kappa shape index (κ3) is 3.39. The minimum Gasteiger partial charge on any atom is -0.294 e. The maximum absolute atomic E-state index is 4.80. The molecule has 0 atom stereocenters. The molecule has 4 heteroatoms. The molecule has 0 saturated heterocycles. The fraction of sp³-hybridized carbons (Fsp3) is 0.444. The highest BCUT2D eigenvalue weighted by Crippen LogP contribution is 2.24. The average Bonchev–Trinajstić information content (AvgIpc) is 2.48. The zero-order chi connectivity index (χ0) is 15.7. The molecule has 0 radical (unpaired) electrons. The summed E-state index contributed by atoms with van der Waals surface area (Å²) in [5.74, 6) is 0.950. The summed E-state index contributed by atoms with van der Waals surface area (Å²) in [5.41, 5.74) is 3.84. The van der Waals surface area contributed by atoms with Gasteiger partial charge in [0.25, 0.3) is 0 Å². The van der Waals surface area contributed by atoms with Crippen molar-refractivity contribution in [3.8, 4) is 0 Å². The van der Waals surface area contributed by atoms with Crippen molar-refractivity contribution in [3.63, 3.8) is 0 Å². The summed E-state index contributed by atoms with van der Waals surface area (Å²) >= 11 is 3.63. The van der Waals surface area contributed by atoms with Gasteiger partial charge in [-0.3, -0.25) is 4.90 Å². The van der Waals surface area contributed by atoms with E-state index in [-0.39, 0.29) is 5.41 Å². The molecule has 0 fully saturated rings. The van der Waals surface area contributed by atoms with Crippen molar-refractivity contribution in [2.24, 2.45) is 0 Å². The zero-order valence-electron chi connectivity index (χ0n) is 13.4. The van der Waals surface area contributed by atoms with Gasteiger partial charge in [-0.1, -0.05) is 54.9 Å². The van der Waals surface area contributed by atoms with Crippen molar-refractivity contribution >= 4 is 15.9 Å². The first-order chi connectivity index (χ1) is 10.4. The maximum atomic E-state index is 4.80. The molecule has 1 aromatic carbocycles. The average molecular weight is 360 g/mol. The van der Waals surface area contributed by atoms with Crippen LogP contribution in [0.15, 0.2) is 34.9 Å². The van der Waals surface area contributed by atoms with Gasteiger partial charge in [0.2, 0.25) is 0 Å². The van der Waals surface area contributed by atoms with Crippen molar-refractivity contribution < 1.29 is 0 Å². The van der Waals surface area contributed by atoms with Crippen molar-refractivity contribution in [1.29, 1.82) is 0 Å². The summed E-state index contributed by atoms with van der Waals surface area (Å²) in [5, 5.41) is 0. The molecule has 1 aliphatic heterocycles. The van der Waals surface area contributed by atoms with E-state index in [0.29, 0.717) is 0 Å². The normalized spacial score (nSPS) is 15.6. The van der Waals surface area contributed by atoms with Gasteiger partial charge < -0.3 is 0 Å². The summed E-state index contributed by atoms with van der Waals surface area (Å²) < 4.78 is 1.18. The van der Waals surface area contributed by atoms with Gasteiger partial charge in [0.1, 0.15) is 5.82 Å². The Morgan fingerprint density at radius 3 is 2.73 bits per heavy atom. The van der Waals surface area contributed by atoms with Crippen LogP contribution in [-0.2, 0) is 24.9 Å². The van der Waals surface area contributed by atoms with Crippen LogP contribution in [0.1, 0.15) is 43.4 Å². The first kappa shape index (κ1) is 15.6. The molecule has 0 unspecified atom stereocenters. The van der Waals surface area contributed by atoms with E-state index in [0.717, 1.165) is 31.9 Å². The van der Waals surface area contributed by atoms with Crippen molar-refractivity contribution in [1.82, 2.24) is 14.9 Å². The molecular weight excluding hydrogens is 338 g/mol. The first-order valence-corrected chi connectivity index (χ1v) is 8.54. The topological polar surface area (TPSA) is 29.0 Å². The van der Waals surface area contributed by atoms with E-state index in [1.807, 2.05) is 6.20 Å². The van der Waals surface area contributed by atoms with Crippen LogP contribution in [0.25, 0.3) is 0 Å². The quantitative estimate of drug-likeness (QED) is 0.808. The molecular formula is C18H22BrN3. The van der Waals surface area contributed by atoms with Crippen molar-refractivity contribution in [2.45, 2.75) is 45.7 Å². The fourth-order valence-electron chi connectivity index (χ4n) is 2.74. The SMILES string of the molecule is CC(C)(C)c1ncc2c(n1)CCN(Cc1ccccc1Br)C2. The van der Waals surface area contributed by atoms with Crippen LogP contribution < -0.4 is 0 Å². The second-order valence-corrected chi connectivity index (χ2v) is 7.82. The van der Waals surface area contributed by atoms with E-state index < -0.39 is 0 Å². The van der Waals surface area contributed by atoms with Gasteiger partial charge in [0.15, 0.2) is 0 Å². The van der Waals surface area contributed by atoms with E-state index in [2.05, 4.69) is 70.9 Å². The first-order valence-electron chi connectivity index (χ1n) is 7.74. The highest BCUT2D eigenvalue weighted by molar-refractivity contribution is 9.10. The Labute approximate surface area is 140 Å². The van der Waals surface area contributed by atoms with E-state index in [9.17, 15) is 0 Å². The Morgan fingerprint density at radius 1 is 1.23 bits per heavy atom. The molecule has 0 bridgehead atoms. The number of hydrogen-bond donors (Lipinski definition) is 0. The van der Waals surface area contributed by atoms with E-state index in [4.69, 9.17) is 4.98 Å². The second kappa shape index (κ2) is 6.09. The Bertz CT molecular complexity index is 676. The molecule has 2 aromatic rings. The molecule has 0 amide bonds. The second-order valence-electron chi connectivity index (χ2n) is 6.97. The number of nitrogens with zero attached hydrogens (tertiary/aromatic N) is 3. The molecule has 0 aliphatic carbocycles. The third-order valence-electron chi connectivity index (χ3n) is 4.04. The minimum absolute atomic E-state index is 0.0149. The highest BCUT2D eigenvalue weighted by Gasteiger charge is 2.23. The lowest BCUT2D eigenvalue weighted by atomic mass is 9.95. The lowest BCUT2D eigenvalue weighted by molar-refractivity contribution is 0.241. The van der Waals surface area contributed by atoms with Crippen molar-refractivity contribution in [2.75, 3.05) is 6.54 Å². The van der Waals surface area contributed by atoms with Crippen LogP contribution in [0.2, 0.25) is 0 Å². The number of rotatable bonds is 2. The molecule has 116 valence electrons. The Balaban J connectivity index is 1.76. The molecule has 3 nitrogen and oxygen atoms in total. The van der Waals surface area contributed by atoms with Gasteiger partial charge >= 0.3 is 0 Å². The predicted octanol–water partition coefficient (Wildman–Crippen LogP) is 4.09. The molecule has 1 aliphatic rings. The van der Waals surface area contributed by atoms with Gasteiger partial charge in [0, 0.05) is 53.4 Å².